The van der Waals surface area contributed by atoms with Crippen LogP contribution in [0.25, 0.3) is 0 Å². The minimum atomic E-state index is 0.321. The first-order chi connectivity index (χ1) is 3.34. The predicted molar refractivity (Wildman–Crippen MR) is 30.7 cm³/mol. The molecule has 0 spiro atoms. The number of alkyl halides is 1. The lowest BCUT2D eigenvalue weighted by atomic mass is 10.5. The summed E-state index contributed by atoms with van der Waals surface area (Å²) in [6, 6.07) is 0. The Morgan fingerprint density at radius 3 is 2.57 bits per heavy atom. The zero-order valence-corrected chi connectivity index (χ0v) is 5.34. The number of halogens is 1. The van der Waals surface area contributed by atoms with Gasteiger partial charge in [0.15, 0.2) is 0 Å². The summed E-state index contributed by atoms with van der Waals surface area (Å²) in [7, 11) is 0. The van der Waals surface area contributed by atoms with Gasteiger partial charge in [-0.05, 0) is 6.42 Å². The van der Waals surface area contributed by atoms with E-state index in [0.717, 1.165) is 6.42 Å². The van der Waals surface area contributed by atoms with E-state index in [1.807, 2.05) is 0 Å². The van der Waals surface area contributed by atoms with Gasteiger partial charge in [0.05, 0.1) is 0 Å². The van der Waals surface area contributed by atoms with Crippen LogP contribution in [0.4, 0.5) is 0 Å². The quantitative estimate of drug-likeness (QED) is 0.411. The molecular formula is C4H6ClOS+. The summed E-state index contributed by atoms with van der Waals surface area (Å²) in [6.07, 6.45) is 1.05. The van der Waals surface area contributed by atoms with Gasteiger partial charge in [-0.1, -0.05) is 0 Å². The van der Waals surface area contributed by atoms with Crippen molar-refractivity contribution >= 4 is 23.3 Å². The molecule has 0 aromatic carbocycles. The Kier molecular flexibility index (Phi) is 1.60. The average Bonchev–Trinajstić information content (AvgIpc) is 2.22. The Morgan fingerprint density at radius 1 is 1.86 bits per heavy atom. The van der Waals surface area contributed by atoms with Gasteiger partial charge in [-0.2, -0.15) is 0 Å². The summed E-state index contributed by atoms with van der Waals surface area (Å²) >= 11 is 6.22. The summed E-state index contributed by atoms with van der Waals surface area (Å²) in [5, 5.41) is 0.321. The molecule has 0 bridgehead atoms. The van der Waals surface area contributed by atoms with Crippen LogP contribution in [0.3, 0.4) is 0 Å². The molecule has 1 saturated carbocycles. The van der Waals surface area contributed by atoms with Crippen LogP contribution < -0.4 is 0 Å². The van der Waals surface area contributed by atoms with E-state index in [9.17, 15) is 4.21 Å². The van der Waals surface area contributed by atoms with Gasteiger partial charge >= 0.3 is 11.7 Å². The van der Waals surface area contributed by atoms with Crippen molar-refractivity contribution in [3.05, 3.63) is 0 Å². The van der Waals surface area contributed by atoms with Crippen LogP contribution in [0.15, 0.2) is 0 Å². The van der Waals surface area contributed by atoms with Crippen LogP contribution in [0.5, 0.6) is 0 Å². The van der Waals surface area contributed by atoms with Crippen molar-refractivity contribution in [2.24, 2.45) is 5.92 Å². The largest absolute Gasteiger partial charge is 0.459 e. The van der Waals surface area contributed by atoms with Crippen molar-refractivity contribution in [1.82, 2.24) is 0 Å². The Hall–Kier alpha value is 0.310. The standard InChI is InChI=1S/C4H6ClOS/c5-4-1-3(4)2-7-6/h3-4H,1-2H2/q+1. The Morgan fingerprint density at radius 2 is 2.43 bits per heavy atom. The molecule has 7 heavy (non-hydrogen) atoms. The fraction of sp³-hybridized carbons (Fsp3) is 1.00. The van der Waals surface area contributed by atoms with E-state index in [1.54, 1.807) is 0 Å². The topological polar surface area (TPSA) is 17.1 Å². The molecule has 2 atom stereocenters. The first-order valence-electron chi connectivity index (χ1n) is 2.23. The van der Waals surface area contributed by atoms with Gasteiger partial charge in [-0.3, -0.25) is 0 Å². The van der Waals surface area contributed by atoms with Crippen molar-refractivity contribution in [2.45, 2.75) is 11.8 Å². The van der Waals surface area contributed by atoms with Gasteiger partial charge in [0.1, 0.15) is 0 Å². The summed E-state index contributed by atoms with van der Waals surface area (Å²) in [5.74, 6) is 1.23. The van der Waals surface area contributed by atoms with Crippen molar-refractivity contribution in [2.75, 3.05) is 5.75 Å². The molecule has 1 rings (SSSR count). The van der Waals surface area contributed by atoms with Gasteiger partial charge in [0.2, 0.25) is 5.75 Å². The molecule has 40 valence electrons. The van der Waals surface area contributed by atoms with E-state index in [1.165, 1.54) is 0 Å². The lowest BCUT2D eigenvalue weighted by Crippen LogP contribution is -1.84. The first kappa shape index (κ1) is 5.45. The molecule has 0 aliphatic heterocycles. The zero-order valence-electron chi connectivity index (χ0n) is 3.76. The number of rotatable bonds is 2. The van der Waals surface area contributed by atoms with E-state index in [0.29, 0.717) is 28.7 Å². The lowest BCUT2D eigenvalue weighted by molar-refractivity contribution is 0.603. The van der Waals surface area contributed by atoms with E-state index in [-0.39, 0.29) is 0 Å². The lowest BCUT2D eigenvalue weighted by Gasteiger charge is -1.66. The normalized spacial score (nSPS) is 37.9. The van der Waals surface area contributed by atoms with Crippen LogP contribution in [0.1, 0.15) is 6.42 Å². The monoisotopic (exact) mass is 137 g/mol. The summed E-state index contributed by atoms with van der Waals surface area (Å²) in [5.41, 5.74) is 0. The molecule has 0 aromatic heterocycles. The molecule has 0 N–H and O–H groups in total. The molecule has 0 aromatic rings. The molecular weight excluding hydrogens is 132 g/mol. The van der Waals surface area contributed by atoms with Gasteiger partial charge in [-0.15, -0.1) is 11.6 Å². The zero-order chi connectivity index (χ0) is 5.28. The molecule has 0 radical (unpaired) electrons. The fourth-order valence-electron chi connectivity index (χ4n) is 0.471. The number of hydrogen-bond donors (Lipinski definition) is 0. The first-order valence-corrected chi connectivity index (χ1v) is 3.58. The van der Waals surface area contributed by atoms with Crippen molar-refractivity contribution in [3.8, 4) is 0 Å². The van der Waals surface area contributed by atoms with E-state index in [2.05, 4.69) is 0 Å². The van der Waals surface area contributed by atoms with Crippen LogP contribution in [0.2, 0.25) is 0 Å². The Balaban J connectivity index is 2.08. The molecule has 3 heteroatoms. The van der Waals surface area contributed by atoms with Crippen molar-refractivity contribution in [1.29, 1.82) is 0 Å². The Bertz CT molecular complexity index is 85.8. The minimum Gasteiger partial charge on any atom is -0.122 e. The summed E-state index contributed by atoms with van der Waals surface area (Å²) < 4.78 is 9.78. The van der Waals surface area contributed by atoms with Gasteiger partial charge in [0.25, 0.3) is 0 Å². The fourth-order valence-corrected chi connectivity index (χ4v) is 1.44. The molecule has 0 heterocycles. The SMILES string of the molecule is O=[S+]CC1CC1Cl. The maximum Gasteiger partial charge on any atom is 0.459 e. The van der Waals surface area contributed by atoms with Crippen molar-refractivity contribution in [3.63, 3.8) is 0 Å². The van der Waals surface area contributed by atoms with Crippen LogP contribution >= 0.6 is 11.6 Å². The molecule has 2 unspecified atom stereocenters. The van der Waals surface area contributed by atoms with Crippen LogP contribution in [0, 0.1) is 5.92 Å². The predicted octanol–water partition coefficient (Wildman–Crippen LogP) is 1.04. The third-order valence-corrected chi connectivity index (χ3v) is 2.22. The van der Waals surface area contributed by atoms with Crippen LogP contribution in [-0.2, 0) is 15.9 Å². The summed E-state index contributed by atoms with van der Waals surface area (Å²) in [6.45, 7) is 0. The molecule has 0 saturated heterocycles. The highest BCUT2D eigenvalue weighted by molar-refractivity contribution is 7.65. The van der Waals surface area contributed by atoms with Crippen LogP contribution in [-0.4, -0.2) is 11.1 Å². The maximum atomic E-state index is 9.78. The highest BCUT2D eigenvalue weighted by Crippen LogP contribution is 2.35. The highest BCUT2D eigenvalue weighted by atomic mass is 35.5. The van der Waals surface area contributed by atoms with Gasteiger partial charge in [-0.25, -0.2) is 0 Å². The van der Waals surface area contributed by atoms with Crippen molar-refractivity contribution < 1.29 is 4.21 Å². The average molecular weight is 138 g/mol. The molecule has 1 aliphatic carbocycles. The molecule has 1 aliphatic rings. The number of hydrogen-bond acceptors (Lipinski definition) is 1. The molecule has 0 amide bonds. The maximum absolute atomic E-state index is 9.78. The highest BCUT2D eigenvalue weighted by Gasteiger charge is 2.39. The molecule has 1 nitrogen and oxygen atoms in total. The van der Waals surface area contributed by atoms with E-state index < -0.39 is 0 Å². The van der Waals surface area contributed by atoms with E-state index in [4.69, 9.17) is 11.6 Å². The third kappa shape index (κ3) is 1.35. The third-order valence-electron chi connectivity index (χ3n) is 1.12. The summed E-state index contributed by atoms with van der Waals surface area (Å²) in [4.78, 5) is 0. The van der Waals surface area contributed by atoms with E-state index >= 15 is 0 Å². The second kappa shape index (κ2) is 2.05. The Labute approximate surface area is 51.5 Å². The molecule has 1 fully saturated rings. The second-order valence-corrected chi connectivity index (χ2v) is 2.93. The minimum absolute atomic E-state index is 0.321. The smallest absolute Gasteiger partial charge is 0.122 e. The van der Waals surface area contributed by atoms with Gasteiger partial charge in [0, 0.05) is 15.5 Å². The second-order valence-electron chi connectivity index (χ2n) is 1.80. The van der Waals surface area contributed by atoms with Gasteiger partial charge < -0.3 is 0 Å².